The summed E-state index contributed by atoms with van der Waals surface area (Å²) in [7, 11) is 0. The van der Waals surface area contributed by atoms with Crippen molar-refractivity contribution in [2.75, 3.05) is 5.32 Å². The number of aryl methyl sites for hydroxylation is 1. The summed E-state index contributed by atoms with van der Waals surface area (Å²) in [5.41, 5.74) is 1.90. The molecule has 0 radical (unpaired) electrons. The lowest BCUT2D eigenvalue weighted by Crippen LogP contribution is -2.37. The van der Waals surface area contributed by atoms with Crippen LogP contribution in [0.1, 0.15) is 25.3 Å². The van der Waals surface area contributed by atoms with Crippen LogP contribution < -0.4 is 10.6 Å². The van der Waals surface area contributed by atoms with Gasteiger partial charge in [0.2, 0.25) is 0 Å². The van der Waals surface area contributed by atoms with E-state index >= 15 is 0 Å². The highest BCUT2D eigenvalue weighted by Crippen LogP contribution is 2.32. The van der Waals surface area contributed by atoms with Gasteiger partial charge >= 0.3 is 6.03 Å². The quantitative estimate of drug-likeness (QED) is 0.878. The summed E-state index contributed by atoms with van der Waals surface area (Å²) in [6, 6.07) is 6.00. The van der Waals surface area contributed by atoms with E-state index in [1.807, 2.05) is 25.1 Å². The minimum absolute atomic E-state index is 0.120. The first kappa shape index (κ1) is 12.4. The van der Waals surface area contributed by atoms with Gasteiger partial charge in [-0.1, -0.05) is 22.0 Å². The van der Waals surface area contributed by atoms with Crippen LogP contribution in [0.4, 0.5) is 10.5 Å². The zero-order chi connectivity index (χ0) is 12.4. The van der Waals surface area contributed by atoms with Crippen molar-refractivity contribution in [3.63, 3.8) is 0 Å². The first-order valence-electron chi connectivity index (χ1n) is 5.90. The molecular formula is C13H17BrN2O. The molecule has 1 aromatic rings. The Kier molecular flexibility index (Phi) is 3.72. The van der Waals surface area contributed by atoms with Crippen LogP contribution >= 0.6 is 15.9 Å². The van der Waals surface area contributed by atoms with E-state index in [1.54, 1.807) is 0 Å². The number of urea groups is 1. The molecule has 0 bridgehead atoms. The summed E-state index contributed by atoms with van der Waals surface area (Å²) in [4.78, 5) is 11.8. The van der Waals surface area contributed by atoms with Crippen molar-refractivity contribution < 1.29 is 4.79 Å². The summed E-state index contributed by atoms with van der Waals surface area (Å²) >= 11 is 3.40. The minimum Gasteiger partial charge on any atom is -0.335 e. The molecule has 2 rings (SSSR count). The van der Waals surface area contributed by atoms with Crippen molar-refractivity contribution in [3.05, 3.63) is 28.2 Å². The molecule has 1 aliphatic rings. The largest absolute Gasteiger partial charge is 0.335 e. The van der Waals surface area contributed by atoms with Crippen LogP contribution in [0.25, 0.3) is 0 Å². The third-order valence-electron chi connectivity index (χ3n) is 3.14. The fraction of sp³-hybridized carbons (Fsp3) is 0.462. The van der Waals surface area contributed by atoms with Gasteiger partial charge in [-0.3, -0.25) is 0 Å². The Morgan fingerprint density at radius 2 is 2.18 bits per heavy atom. The van der Waals surface area contributed by atoms with Crippen LogP contribution in [0.2, 0.25) is 0 Å². The number of carbonyl (C=O) groups is 1. The van der Waals surface area contributed by atoms with Crippen molar-refractivity contribution in [2.24, 2.45) is 5.92 Å². The van der Waals surface area contributed by atoms with Gasteiger partial charge in [-0.15, -0.1) is 0 Å². The van der Waals surface area contributed by atoms with Gasteiger partial charge in [0.15, 0.2) is 0 Å². The summed E-state index contributed by atoms with van der Waals surface area (Å²) in [5, 5.41) is 5.86. The van der Waals surface area contributed by atoms with E-state index in [9.17, 15) is 4.79 Å². The van der Waals surface area contributed by atoms with Crippen LogP contribution in [-0.2, 0) is 0 Å². The van der Waals surface area contributed by atoms with E-state index in [2.05, 4.69) is 33.5 Å². The zero-order valence-electron chi connectivity index (χ0n) is 10.1. The Labute approximate surface area is 110 Å². The lowest BCUT2D eigenvalue weighted by molar-refractivity contribution is 0.248. The number of halogens is 1. The number of carbonyl (C=O) groups excluding carboxylic acids is 1. The molecule has 2 N–H and O–H groups in total. The Morgan fingerprint density at radius 3 is 2.82 bits per heavy atom. The molecule has 0 saturated heterocycles. The predicted octanol–water partition coefficient (Wildman–Crippen LogP) is 3.68. The number of rotatable bonds is 3. The fourth-order valence-electron chi connectivity index (χ4n) is 1.81. The van der Waals surface area contributed by atoms with Gasteiger partial charge in [-0.05, 0) is 50.3 Å². The third-order valence-corrected chi connectivity index (χ3v) is 3.63. The van der Waals surface area contributed by atoms with Gasteiger partial charge in [-0.2, -0.15) is 0 Å². The van der Waals surface area contributed by atoms with Crippen LogP contribution in [0, 0.1) is 12.8 Å². The Morgan fingerprint density at radius 1 is 1.47 bits per heavy atom. The first-order chi connectivity index (χ1) is 8.06. The van der Waals surface area contributed by atoms with Gasteiger partial charge in [0.1, 0.15) is 0 Å². The summed E-state index contributed by atoms with van der Waals surface area (Å²) in [5.74, 6) is 0.671. The number of benzene rings is 1. The highest BCUT2D eigenvalue weighted by Gasteiger charge is 2.28. The molecule has 0 heterocycles. The van der Waals surface area contributed by atoms with Crippen molar-refractivity contribution in [1.82, 2.24) is 5.32 Å². The fourth-order valence-corrected chi connectivity index (χ4v) is 2.17. The molecule has 1 aliphatic carbocycles. The van der Waals surface area contributed by atoms with Gasteiger partial charge in [-0.25, -0.2) is 4.79 Å². The summed E-state index contributed by atoms with van der Waals surface area (Å²) < 4.78 is 0.966. The minimum atomic E-state index is -0.120. The molecule has 17 heavy (non-hydrogen) atoms. The van der Waals surface area contributed by atoms with Crippen LogP contribution in [-0.4, -0.2) is 12.1 Å². The molecular weight excluding hydrogens is 280 g/mol. The second-order valence-electron chi connectivity index (χ2n) is 4.68. The highest BCUT2D eigenvalue weighted by molar-refractivity contribution is 9.10. The Bertz CT molecular complexity index is 429. The Hall–Kier alpha value is -1.03. The molecule has 1 unspecified atom stereocenters. The van der Waals surface area contributed by atoms with Crippen LogP contribution in [0.15, 0.2) is 22.7 Å². The SMILES string of the molecule is Cc1ccc(Br)cc1NC(=O)NC(C)C1CC1. The highest BCUT2D eigenvalue weighted by atomic mass is 79.9. The van der Waals surface area contributed by atoms with Crippen molar-refractivity contribution in [1.29, 1.82) is 0 Å². The molecule has 1 fully saturated rings. The molecule has 3 nitrogen and oxygen atoms in total. The molecule has 92 valence electrons. The lowest BCUT2D eigenvalue weighted by Gasteiger charge is -2.15. The average molecular weight is 297 g/mol. The smallest absolute Gasteiger partial charge is 0.319 e. The summed E-state index contributed by atoms with van der Waals surface area (Å²) in [6.45, 7) is 4.04. The second-order valence-corrected chi connectivity index (χ2v) is 5.60. The van der Waals surface area contributed by atoms with Crippen molar-refractivity contribution >= 4 is 27.6 Å². The maximum absolute atomic E-state index is 11.8. The molecule has 2 amide bonds. The molecule has 1 atom stereocenters. The standard InChI is InChI=1S/C13H17BrN2O/c1-8-3-6-11(14)7-12(8)16-13(17)15-9(2)10-4-5-10/h3,6-7,9-10H,4-5H2,1-2H3,(H2,15,16,17). The topological polar surface area (TPSA) is 41.1 Å². The number of nitrogens with one attached hydrogen (secondary N) is 2. The monoisotopic (exact) mass is 296 g/mol. The number of anilines is 1. The van der Waals surface area contributed by atoms with E-state index < -0.39 is 0 Å². The maximum Gasteiger partial charge on any atom is 0.319 e. The molecule has 1 aromatic carbocycles. The zero-order valence-corrected chi connectivity index (χ0v) is 11.7. The Balaban J connectivity index is 1.94. The average Bonchev–Trinajstić information content (AvgIpc) is 3.06. The van der Waals surface area contributed by atoms with Gasteiger partial charge in [0, 0.05) is 16.2 Å². The predicted molar refractivity (Wildman–Crippen MR) is 73.2 cm³/mol. The number of hydrogen-bond acceptors (Lipinski definition) is 1. The van der Waals surface area contributed by atoms with Gasteiger partial charge in [0.25, 0.3) is 0 Å². The summed E-state index contributed by atoms with van der Waals surface area (Å²) in [6.07, 6.45) is 2.47. The van der Waals surface area contributed by atoms with Crippen LogP contribution in [0.3, 0.4) is 0 Å². The lowest BCUT2D eigenvalue weighted by atomic mass is 10.2. The van der Waals surface area contributed by atoms with Crippen molar-refractivity contribution in [3.8, 4) is 0 Å². The number of amides is 2. The van der Waals surface area contributed by atoms with E-state index in [1.165, 1.54) is 12.8 Å². The molecule has 0 aliphatic heterocycles. The normalized spacial score (nSPS) is 16.4. The van der Waals surface area contributed by atoms with E-state index in [-0.39, 0.29) is 12.1 Å². The van der Waals surface area contributed by atoms with E-state index in [0.29, 0.717) is 5.92 Å². The molecule has 1 saturated carbocycles. The molecule has 4 heteroatoms. The van der Waals surface area contributed by atoms with Gasteiger partial charge < -0.3 is 10.6 Å². The third kappa shape index (κ3) is 3.46. The number of hydrogen-bond donors (Lipinski definition) is 2. The van der Waals surface area contributed by atoms with Gasteiger partial charge in [0.05, 0.1) is 0 Å². The molecule has 0 spiro atoms. The van der Waals surface area contributed by atoms with E-state index in [0.717, 1.165) is 15.7 Å². The van der Waals surface area contributed by atoms with Crippen molar-refractivity contribution in [2.45, 2.75) is 32.7 Å². The first-order valence-corrected chi connectivity index (χ1v) is 6.69. The van der Waals surface area contributed by atoms with E-state index in [4.69, 9.17) is 0 Å². The molecule has 0 aromatic heterocycles. The maximum atomic E-state index is 11.8. The van der Waals surface area contributed by atoms with Crippen LogP contribution in [0.5, 0.6) is 0 Å². The second kappa shape index (κ2) is 5.08.